The minimum absolute atomic E-state index is 0.258. The first kappa shape index (κ1) is 16.9. The van der Waals surface area contributed by atoms with E-state index in [1.54, 1.807) is 19.1 Å². The maximum atomic E-state index is 12.2. The second kappa shape index (κ2) is 6.88. The van der Waals surface area contributed by atoms with Gasteiger partial charge in [-0.25, -0.2) is 18.1 Å². The van der Waals surface area contributed by atoms with Crippen LogP contribution in [0.15, 0.2) is 51.1 Å². The van der Waals surface area contributed by atoms with E-state index in [4.69, 9.17) is 4.42 Å². The summed E-state index contributed by atoms with van der Waals surface area (Å²) >= 11 is 1.26. The zero-order valence-corrected chi connectivity index (χ0v) is 15.1. The summed E-state index contributed by atoms with van der Waals surface area (Å²) in [7, 11) is -3.47. The van der Waals surface area contributed by atoms with Gasteiger partial charge in [-0.15, -0.1) is 11.3 Å². The third kappa shape index (κ3) is 3.75. The molecule has 0 unspecified atom stereocenters. The average molecular weight is 362 g/mol. The Bertz CT molecular complexity index is 928. The molecule has 0 aliphatic rings. The molecule has 1 N–H and O–H groups in total. The Labute approximate surface area is 145 Å². The van der Waals surface area contributed by atoms with Gasteiger partial charge in [-0.2, -0.15) is 0 Å². The molecule has 7 heteroatoms. The van der Waals surface area contributed by atoms with Gasteiger partial charge in [-0.3, -0.25) is 0 Å². The van der Waals surface area contributed by atoms with Gasteiger partial charge in [0.1, 0.15) is 15.7 Å². The van der Waals surface area contributed by atoms with E-state index < -0.39 is 10.0 Å². The summed E-state index contributed by atoms with van der Waals surface area (Å²) in [6.07, 6.45) is 0.439. The molecule has 0 aliphatic heterocycles. The van der Waals surface area contributed by atoms with E-state index in [1.165, 1.54) is 11.3 Å². The van der Waals surface area contributed by atoms with Crippen molar-refractivity contribution in [1.29, 1.82) is 0 Å². The van der Waals surface area contributed by atoms with Crippen molar-refractivity contribution in [3.63, 3.8) is 0 Å². The summed E-state index contributed by atoms with van der Waals surface area (Å²) in [6, 6.07) is 13.1. The van der Waals surface area contributed by atoms with E-state index in [2.05, 4.69) is 9.71 Å². The SMILES string of the molecule is Cc1nc(-c2ccccc2)c(CCNS(=O)(=O)c2ccc(C)s2)o1. The molecule has 126 valence electrons. The number of hydrogen-bond donors (Lipinski definition) is 1. The van der Waals surface area contributed by atoms with E-state index in [9.17, 15) is 8.42 Å². The van der Waals surface area contributed by atoms with Crippen molar-refractivity contribution in [1.82, 2.24) is 9.71 Å². The number of thiophene rings is 1. The number of benzene rings is 1. The largest absolute Gasteiger partial charge is 0.445 e. The summed E-state index contributed by atoms with van der Waals surface area (Å²) in [4.78, 5) is 5.38. The fourth-order valence-electron chi connectivity index (χ4n) is 2.39. The monoisotopic (exact) mass is 362 g/mol. The number of aryl methyl sites for hydroxylation is 2. The molecule has 0 atom stereocenters. The van der Waals surface area contributed by atoms with Gasteiger partial charge in [-0.05, 0) is 19.1 Å². The first-order valence-electron chi connectivity index (χ1n) is 7.53. The van der Waals surface area contributed by atoms with E-state index in [0.29, 0.717) is 22.3 Å². The maximum Gasteiger partial charge on any atom is 0.250 e. The number of nitrogens with zero attached hydrogens (tertiary/aromatic N) is 1. The topological polar surface area (TPSA) is 72.2 Å². The molecule has 2 heterocycles. The molecule has 24 heavy (non-hydrogen) atoms. The highest BCUT2D eigenvalue weighted by atomic mass is 32.2. The predicted octanol–water partition coefficient (Wildman–Crippen LogP) is 3.54. The molecule has 0 bridgehead atoms. The highest BCUT2D eigenvalue weighted by molar-refractivity contribution is 7.91. The molecule has 0 radical (unpaired) electrons. The Hall–Kier alpha value is -1.96. The molecule has 0 saturated heterocycles. The van der Waals surface area contributed by atoms with Crippen molar-refractivity contribution >= 4 is 21.4 Å². The van der Waals surface area contributed by atoms with Crippen LogP contribution in [0.3, 0.4) is 0 Å². The highest BCUT2D eigenvalue weighted by Gasteiger charge is 2.17. The van der Waals surface area contributed by atoms with Gasteiger partial charge in [0.05, 0.1) is 0 Å². The van der Waals surface area contributed by atoms with Crippen molar-refractivity contribution in [3.8, 4) is 11.3 Å². The maximum absolute atomic E-state index is 12.2. The van der Waals surface area contributed by atoms with Crippen molar-refractivity contribution in [3.05, 3.63) is 59.0 Å². The number of hydrogen-bond acceptors (Lipinski definition) is 5. The van der Waals surface area contributed by atoms with Gasteiger partial charge in [-0.1, -0.05) is 30.3 Å². The van der Waals surface area contributed by atoms with Crippen LogP contribution in [0.5, 0.6) is 0 Å². The summed E-state index contributed by atoms with van der Waals surface area (Å²) in [6.45, 7) is 3.93. The molecule has 0 saturated carbocycles. The van der Waals surface area contributed by atoms with Crippen LogP contribution in [0.4, 0.5) is 0 Å². The van der Waals surface area contributed by atoms with Crippen LogP contribution in [0, 0.1) is 13.8 Å². The van der Waals surface area contributed by atoms with E-state index in [1.807, 2.05) is 37.3 Å². The van der Waals surface area contributed by atoms with Gasteiger partial charge in [0.2, 0.25) is 10.0 Å². The summed E-state index contributed by atoms with van der Waals surface area (Å²) in [5.41, 5.74) is 1.72. The van der Waals surface area contributed by atoms with Crippen molar-refractivity contribution in [2.75, 3.05) is 6.54 Å². The third-order valence-corrected chi connectivity index (χ3v) is 6.43. The first-order chi connectivity index (χ1) is 11.5. The molecular formula is C17H18N2O3S2. The lowest BCUT2D eigenvalue weighted by atomic mass is 10.1. The predicted molar refractivity (Wildman–Crippen MR) is 94.6 cm³/mol. The second-order valence-corrected chi connectivity index (χ2v) is 8.67. The van der Waals surface area contributed by atoms with Crippen LogP contribution in [0.1, 0.15) is 16.5 Å². The summed E-state index contributed by atoms with van der Waals surface area (Å²) in [5, 5.41) is 0. The second-order valence-electron chi connectivity index (χ2n) is 5.38. The number of oxazole rings is 1. The van der Waals surface area contributed by atoms with Crippen LogP contribution < -0.4 is 4.72 Å². The van der Waals surface area contributed by atoms with Gasteiger partial charge in [0.25, 0.3) is 0 Å². The Kier molecular flexibility index (Phi) is 4.84. The lowest BCUT2D eigenvalue weighted by molar-refractivity contribution is 0.473. The molecular weight excluding hydrogens is 344 g/mol. The first-order valence-corrected chi connectivity index (χ1v) is 9.83. The number of aromatic nitrogens is 1. The van der Waals surface area contributed by atoms with Crippen LogP contribution in [0.2, 0.25) is 0 Å². The zero-order valence-electron chi connectivity index (χ0n) is 13.4. The smallest absolute Gasteiger partial charge is 0.250 e. The van der Waals surface area contributed by atoms with Gasteiger partial charge in [0.15, 0.2) is 5.89 Å². The fourth-order valence-corrected chi connectivity index (χ4v) is 4.75. The van der Waals surface area contributed by atoms with Gasteiger partial charge < -0.3 is 4.42 Å². The average Bonchev–Trinajstić information content (AvgIpc) is 3.14. The van der Waals surface area contributed by atoms with E-state index in [0.717, 1.165) is 16.1 Å². The fraction of sp³-hybridized carbons (Fsp3) is 0.235. The van der Waals surface area contributed by atoms with Crippen molar-refractivity contribution in [2.24, 2.45) is 0 Å². The lowest BCUT2D eigenvalue weighted by Gasteiger charge is -2.04. The Balaban J connectivity index is 1.72. The summed E-state index contributed by atoms with van der Waals surface area (Å²) in [5.74, 6) is 1.25. The third-order valence-electron chi connectivity index (χ3n) is 3.48. The molecule has 0 spiro atoms. The summed E-state index contributed by atoms with van der Waals surface area (Å²) < 4.78 is 33.1. The Morgan fingerprint density at radius 2 is 1.88 bits per heavy atom. The van der Waals surface area contributed by atoms with Gasteiger partial charge in [0, 0.05) is 30.3 Å². The number of nitrogens with one attached hydrogen (secondary N) is 1. The molecule has 0 fully saturated rings. The van der Waals surface area contributed by atoms with Crippen LogP contribution in [-0.4, -0.2) is 19.9 Å². The molecule has 0 amide bonds. The minimum atomic E-state index is -3.47. The molecule has 5 nitrogen and oxygen atoms in total. The van der Waals surface area contributed by atoms with Crippen LogP contribution in [-0.2, 0) is 16.4 Å². The van der Waals surface area contributed by atoms with Crippen LogP contribution in [0.25, 0.3) is 11.3 Å². The standard InChI is InChI=1S/C17H18N2O3S2/c1-12-8-9-16(23-12)24(20,21)18-11-10-15-17(19-13(2)22-15)14-6-4-3-5-7-14/h3-9,18H,10-11H2,1-2H3. The molecule has 1 aromatic carbocycles. The number of sulfonamides is 1. The van der Waals surface area contributed by atoms with Gasteiger partial charge >= 0.3 is 0 Å². The Morgan fingerprint density at radius 3 is 2.54 bits per heavy atom. The van der Waals surface area contributed by atoms with Crippen molar-refractivity contribution in [2.45, 2.75) is 24.5 Å². The lowest BCUT2D eigenvalue weighted by Crippen LogP contribution is -2.25. The normalized spacial score (nSPS) is 11.8. The molecule has 3 rings (SSSR count). The minimum Gasteiger partial charge on any atom is -0.445 e. The van der Waals surface area contributed by atoms with Crippen molar-refractivity contribution < 1.29 is 12.8 Å². The van der Waals surface area contributed by atoms with Crippen LogP contribution >= 0.6 is 11.3 Å². The molecule has 3 aromatic rings. The Morgan fingerprint density at radius 1 is 1.12 bits per heavy atom. The number of rotatable bonds is 6. The highest BCUT2D eigenvalue weighted by Crippen LogP contribution is 2.24. The zero-order chi connectivity index (χ0) is 17.2. The molecule has 0 aliphatic carbocycles. The quantitative estimate of drug-likeness (QED) is 0.728. The van der Waals surface area contributed by atoms with E-state index >= 15 is 0 Å². The molecule has 2 aromatic heterocycles. The van der Waals surface area contributed by atoms with E-state index in [-0.39, 0.29) is 6.54 Å².